The predicted octanol–water partition coefficient (Wildman–Crippen LogP) is 1.83. The second-order valence-electron chi connectivity index (χ2n) is 7.93. The van der Waals surface area contributed by atoms with E-state index in [4.69, 9.17) is 0 Å². The van der Waals surface area contributed by atoms with Crippen LogP contribution in [-0.2, 0) is 16.1 Å². The Morgan fingerprint density at radius 2 is 1.93 bits per heavy atom. The van der Waals surface area contributed by atoms with Gasteiger partial charge in [0, 0.05) is 23.7 Å². The highest BCUT2D eigenvalue weighted by Crippen LogP contribution is 2.14. The van der Waals surface area contributed by atoms with Crippen molar-refractivity contribution in [3.05, 3.63) is 49.6 Å². The fourth-order valence-corrected chi connectivity index (χ4v) is 3.65. The summed E-state index contributed by atoms with van der Waals surface area (Å²) in [6.07, 6.45) is 6.44. The number of ketones is 1. The number of pyridine rings is 1. The van der Waals surface area contributed by atoms with Crippen LogP contribution >= 0.6 is 11.3 Å². The van der Waals surface area contributed by atoms with Crippen LogP contribution in [0, 0.1) is 5.41 Å². The van der Waals surface area contributed by atoms with E-state index < -0.39 is 5.41 Å². The lowest BCUT2D eigenvalue weighted by Crippen LogP contribution is -2.41. The number of nitrogens with zero attached hydrogens (tertiary/aromatic N) is 2. The van der Waals surface area contributed by atoms with Crippen LogP contribution in [0.3, 0.4) is 0 Å². The lowest BCUT2D eigenvalue weighted by atomic mass is 9.91. The molecule has 29 heavy (non-hydrogen) atoms. The van der Waals surface area contributed by atoms with Crippen molar-refractivity contribution in [3.8, 4) is 0 Å². The summed E-state index contributed by atoms with van der Waals surface area (Å²) in [5.74, 6) is -0.335. The zero-order valence-corrected chi connectivity index (χ0v) is 18.5. The van der Waals surface area contributed by atoms with E-state index in [9.17, 15) is 14.4 Å². The summed E-state index contributed by atoms with van der Waals surface area (Å²) in [7, 11) is 0. The standard InChI is InChI=1S/C22H29N3O3S/c1-6-15(7-2)24-19(27)14-25-20(13-18(26)22(3,4)5)29-17(21(25)28)12-16-10-8-9-11-23-16/h8-13,15H,6-7,14H2,1-5H3,(H,24,27)/b17-12+,20-13-. The third-order valence-corrected chi connectivity index (χ3v) is 5.61. The van der Waals surface area contributed by atoms with Crippen LogP contribution in [0.4, 0.5) is 0 Å². The van der Waals surface area contributed by atoms with Crippen LogP contribution in [-0.4, -0.2) is 27.3 Å². The summed E-state index contributed by atoms with van der Waals surface area (Å²) in [5.41, 5.74) is -0.227. The van der Waals surface area contributed by atoms with Gasteiger partial charge in [0.25, 0.3) is 5.56 Å². The molecule has 0 spiro atoms. The summed E-state index contributed by atoms with van der Waals surface area (Å²) in [6, 6.07) is 5.50. The highest BCUT2D eigenvalue weighted by Gasteiger charge is 2.20. The monoisotopic (exact) mass is 415 g/mol. The van der Waals surface area contributed by atoms with E-state index in [1.165, 1.54) is 22.0 Å². The Morgan fingerprint density at radius 1 is 1.24 bits per heavy atom. The zero-order valence-electron chi connectivity index (χ0n) is 17.7. The molecule has 156 valence electrons. The van der Waals surface area contributed by atoms with E-state index >= 15 is 0 Å². The summed E-state index contributed by atoms with van der Waals surface area (Å²) in [5, 5.41) is 2.95. The number of carbonyl (C=O) groups excluding carboxylic acids is 2. The zero-order chi connectivity index (χ0) is 21.6. The lowest BCUT2D eigenvalue weighted by Gasteiger charge is -2.15. The number of rotatable bonds is 7. The Morgan fingerprint density at radius 3 is 2.48 bits per heavy atom. The Kier molecular flexibility index (Phi) is 7.67. The van der Waals surface area contributed by atoms with Gasteiger partial charge < -0.3 is 5.32 Å². The summed E-state index contributed by atoms with van der Waals surface area (Å²) in [6.45, 7) is 9.36. The number of carbonyl (C=O) groups is 2. The molecule has 0 saturated heterocycles. The SMILES string of the molecule is CCC(CC)NC(=O)Cn1c(=O)/c(=C\c2ccccn2)s/c1=C\C(=O)C(C)(C)C. The third kappa shape index (κ3) is 6.22. The van der Waals surface area contributed by atoms with E-state index in [1.807, 2.05) is 40.7 Å². The van der Waals surface area contributed by atoms with Gasteiger partial charge in [-0.1, -0.05) is 40.7 Å². The fourth-order valence-electron chi connectivity index (χ4n) is 2.63. The molecule has 1 N–H and O–H groups in total. The maximum absolute atomic E-state index is 13.0. The molecule has 0 unspecified atom stereocenters. The molecule has 1 amide bonds. The van der Waals surface area contributed by atoms with Gasteiger partial charge in [0.2, 0.25) is 5.91 Å². The predicted molar refractivity (Wildman–Crippen MR) is 117 cm³/mol. The van der Waals surface area contributed by atoms with Crippen molar-refractivity contribution in [1.29, 1.82) is 0 Å². The van der Waals surface area contributed by atoms with Crippen LogP contribution in [0.2, 0.25) is 0 Å². The van der Waals surface area contributed by atoms with Crippen molar-refractivity contribution >= 4 is 35.2 Å². The molecule has 2 rings (SSSR count). The fraction of sp³-hybridized carbons (Fsp3) is 0.455. The average molecular weight is 416 g/mol. The first-order valence-corrected chi connectivity index (χ1v) is 10.6. The van der Waals surface area contributed by atoms with Crippen LogP contribution in [0.15, 0.2) is 29.2 Å². The van der Waals surface area contributed by atoms with Crippen molar-refractivity contribution in [1.82, 2.24) is 14.9 Å². The number of thiazole rings is 1. The Bertz CT molecular complexity index is 1030. The second-order valence-corrected chi connectivity index (χ2v) is 9.00. The largest absolute Gasteiger partial charge is 0.352 e. The third-order valence-electron chi connectivity index (χ3n) is 4.55. The first kappa shape index (κ1) is 22.7. The molecule has 0 bridgehead atoms. The van der Waals surface area contributed by atoms with Gasteiger partial charge in [-0.2, -0.15) is 0 Å². The van der Waals surface area contributed by atoms with Crippen LogP contribution in [0.1, 0.15) is 53.2 Å². The molecule has 0 saturated carbocycles. The van der Waals surface area contributed by atoms with Gasteiger partial charge in [0.05, 0.1) is 10.2 Å². The summed E-state index contributed by atoms with van der Waals surface area (Å²) >= 11 is 1.20. The lowest BCUT2D eigenvalue weighted by molar-refractivity contribution is -0.122. The van der Waals surface area contributed by atoms with Crippen molar-refractivity contribution < 1.29 is 9.59 Å². The molecule has 6 nitrogen and oxygen atoms in total. The van der Waals surface area contributed by atoms with Gasteiger partial charge in [0.15, 0.2) is 5.78 Å². The van der Waals surface area contributed by atoms with Crippen molar-refractivity contribution in [2.75, 3.05) is 0 Å². The number of aromatic nitrogens is 2. The molecular formula is C22H29N3O3S. The normalized spacial score (nSPS) is 13.2. The van der Waals surface area contributed by atoms with Gasteiger partial charge in [-0.3, -0.25) is 23.9 Å². The van der Waals surface area contributed by atoms with Crippen molar-refractivity contribution in [2.24, 2.45) is 5.41 Å². The topological polar surface area (TPSA) is 81.1 Å². The van der Waals surface area contributed by atoms with Crippen LogP contribution < -0.4 is 20.1 Å². The number of amides is 1. The van der Waals surface area contributed by atoms with E-state index in [1.54, 1.807) is 24.4 Å². The van der Waals surface area contributed by atoms with E-state index in [0.717, 1.165) is 12.8 Å². The Labute approximate surface area is 175 Å². The van der Waals surface area contributed by atoms with Gasteiger partial charge in [-0.05, 0) is 31.1 Å². The molecule has 0 aromatic carbocycles. The van der Waals surface area contributed by atoms with Crippen molar-refractivity contribution in [3.63, 3.8) is 0 Å². The highest BCUT2D eigenvalue weighted by molar-refractivity contribution is 7.07. The van der Waals surface area contributed by atoms with E-state index in [-0.39, 0.29) is 29.8 Å². The molecule has 2 aromatic heterocycles. The molecule has 0 fully saturated rings. The van der Waals surface area contributed by atoms with Gasteiger partial charge in [-0.15, -0.1) is 11.3 Å². The first-order valence-electron chi connectivity index (χ1n) is 9.83. The quantitative estimate of drug-likeness (QED) is 0.748. The van der Waals surface area contributed by atoms with E-state index in [0.29, 0.717) is 14.9 Å². The summed E-state index contributed by atoms with van der Waals surface area (Å²) < 4.78 is 2.28. The summed E-state index contributed by atoms with van der Waals surface area (Å²) in [4.78, 5) is 42.3. The number of Topliss-reactive ketones (excluding diaryl/α,β-unsaturated/α-hetero) is 1. The Balaban J connectivity index is 2.54. The van der Waals surface area contributed by atoms with Gasteiger partial charge in [-0.25, -0.2) is 0 Å². The molecule has 2 aromatic rings. The maximum atomic E-state index is 13.0. The van der Waals surface area contributed by atoms with Crippen LogP contribution in [0.25, 0.3) is 12.2 Å². The Hall–Kier alpha value is -2.54. The van der Waals surface area contributed by atoms with Crippen molar-refractivity contribution in [2.45, 2.75) is 60.0 Å². The molecule has 0 aliphatic rings. The molecule has 7 heteroatoms. The van der Waals surface area contributed by atoms with E-state index in [2.05, 4.69) is 10.3 Å². The van der Waals surface area contributed by atoms with Gasteiger partial charge in [0.1, 0.15) is 11.2 Å². The number of hydrogen-bond donors (Lipinski definition) is 1. The molecule has 0 aliphatic carbocycles. The highest BCUT2D eigenvalue weighted by atomic mass is 32.1. The molecule has 0 aliphatic heterocycles. The van der Waals surface area contributed by atoms with Crippen LogP contribution in [0.5, 0.6) is 0 Å². The second kappa shape index (κ2) is 9.78. The number of hydrogen-bond acceptors (Lipinski definition) is 5. The van der Waals surface area contributed by atoms with Gasteiger partial charge >= 0.3 is 0 Å². The number of nitrogens with one attached hydrogen (secondary N) is 1. The average Bonchev–Trinajstić information content (AvgIpc) is 2.95. The molecule has 2 heterocycles. The minimum Gasteiger partial charge on any atom is -0.352 e. The maximum Gasteiger partial charge on any atom is 0.269 e. The minimum atomic E-state index is -0.576. The smallest absolute Gasteiger partial charge is 0.269 e. The molecule has 0 atom stereocenters. The minimum absolute atomic E-state index is 0.0695. The molecular weight excluding hydrogens is 386 g/mol. The first-order chi connectivity index (χ1) is 13.7. The molecule has 0 radical (unpaired) electrons.